The second kappa shape index (κ2) is 14.1. The van der Waals surface area contributed by atoms with E-state index in [0.29, 0.717) is 47.9 Å². The first-order chi connectivity index (χ1) is 19.9. The minimum absolute atomic E-state index is 0.0811. The summed E-state index contributed by atoms with van der Waals surface area (Å²) in [6.07, 6.45) is 21.7. The zero-order chi connectivity index (χ0) is 28.9. The minimum atomic E-state index is -1.04. The molecule has 0 aromatic heterocycles. The van der Waals surface area contributed by atoms with E-state index < -0.39 is 23.3 Å². The summed E-state index contributed by atoms with van der Waals surface area (Å²) < 4.78 is 59.8. The van der Waals surface area contributed by atoms with Crippen LogP contribution in [0.3, 0.4) is 0 Å². The Bertz CT molecular complexity index is 1170. The summed E-state index contributed by atoms with van der Waals surface area (Å²) in [5, 5.41) is 0. The van der Waals surface area contributed by atoms with E-state index in [2.05, 4.69) is 6.92 Å². The fourth-order valence-electron chi connectivity index (χ4n) is 8.46. The van der Waals surface area contributed by atoms with E-state index in [-0.39, 0.29) is 11.1 Å². The van der Waals surface area contributed by atoms with Crippen LogP contribution in [0.1, 0.15) is 139 Å². The van der Waals surface area contributed by atoms with Gasteiger partial charge < -0.3 is 0 Å². The van der Waals surface area contributed by atoms with E-state index in [1.165, 1.54) is 83.5 Å². The molecule has 4 heteroatoms. The molecule has 0 unspecified atom stereocenters. The number of hydrogen-bond acceptors (Lipinski definition) is 0. The van der Waals surface area contributed by atoms with Crippen molar-refractivity contribution in [1.82, 2.24) is 0 Å². The molecule has 41 heavy (non-hydrogen) atoms. The summed E-state index contributed by atoms with van der Waals surface area (Å²) in [4.78, 5) is 0. The molecule has 0 atom stereocenters. The zero-order valence-corrected chi connectivity index (χ0v) is 25.4. The van der Waals surface area contributed by atoms with E-state index in [4.69, 9.17) is 0 Å². The first-order valence-electron chi connectivity index (χ1n) is 16.9. The van der Waals surface area contributed by atoms with Crippen LogP contribution in [0.25, 0.3) is 11.1 Å². The number of halogens is 4. The normalized spacial score (nSPS) is 24.0. The number of benzene rings is 2. The summed E-state index contributed by atoms with van der Waals surface area (Å²) in [5.74, 6) is -0.265. The quantitative estimate of drug-likeness (QED) is 0.150. The maximum Gasteiger partial charge on any atom is 0.167 e. The lowest BCUT2D eigenvalue weighted by Gasteiger charge is -2.38. The molecule has 2 fully saturated rings. The second-order valence-corrected chi connectivity index (χ2v) is 13.6. The molecule has 226 valence electrons. The van der Waals surface area contributed by atoms with Gasteiger partial charge in [0.1, 0.15) is 0 Å². The monoisotopic (exact) mass is 570 g/mol. The first-order valence-corrected chi connectivity index (χ1v) is 16.9. The third kappa shape index (κ3) is 6.88. The fourth-order valence-corrected chi connectivity index (χ4v) is 8.46. The summed E-state index contributed by atoms with van der Waals surface area (Å²) in [6.45, 7) is 4.20. The molecule has 2 aromatic rings. The molecule has 0 N–H and O–H groups in total. The summed E-state index contributed by atoms with van der Waals surface area (Å²) in [6, 6.07) is 3.34. The zero-order valence-electron chi connectivity index (χ0n) is 25.4. The van der Waals surface area contributed by atoms with Crippen LogP contribution < -0.4 is 0 Å². The van der Waals surface area contributed by atoms with Gasteiger partial charge in [-0.05, 0) is 97.3 Å². The fraction of sp³-hybridized carbons (Fsp3) is 0.676. The Kier molecular flexibility index (Phi) is 10.5. The maximum absolute atomic E-state index is 15.2. The van der Waals surface area contributed by atoms with Crippen LogP contribution in [0, 0.1) is 46.9 Å². The SMILES string of the molecule is CCCCCC1CCC(C2CCC(CCCCc3cc4c(c(F)c3F)-c3c(cc(CCC)c(F)c3F)C4)CC2)CC1. The third-order valence-electron chi connectivity index (χ3n) is 10.9. The number of hydrogen-bond donors (Lipinski definition) is 0. The van der Waals surface area contributed by atoms with E-state index in [1.54, 1.807) is 12.1 Å². The molecule has 0 bridgehead atoms. The Balaban J connectivity index is 1.08. The van der Waals surface area contributed by atoms with Gasteiger partial charge in [0.05, 0.1) is 0 Å². The van der Waals surface area contributed by atoms with E-state index in [0.717, 1.165) is 36.5 Å². The standard InChI is InChI=1S/C37H50F4/c1-3-5-6-10-24-13-17-26(18-14-24)27-19-15-25(16-20-27)11-7-8-12-29-22-31-23-30-21-28(9-4-2)34(38)36(40)32(30)33(31)37(41)35(29)39/h21-22,24-27H,3-20,23H2,1-2H3. The van der Waals surface area contributed by atoms with Crippen LogP contribution in [-0.2, 0) is 19.3 Å². The highest BCUT2D eigenvalue weighted by Crippen LogP contribution is 2.45. The van der Waals surface area contributed by atoms with Gasteiger partial charge in [-0.3, -0.25) is 0 Å². The maximum atomic E-state index is 15.2. The van der Waals surface area contributed by atoms with Gasteiger partial charge in [-0.25, -0.2) is 17.6 Å². The van der Waals surface area contributed by atoms with Crippen molar-refractivity contribution in [2.45, 2.75) is 136 Å². The highest BCUT2D eigenvalue weighted by Gasteiger charge is 2.32. The molecule has 3 aliphatic carbocycles. The Labute approximate surface area is 245 Å². The van der Waals surface area contributed by atoms with Gasteiger partial charge >= 0.3 is 0 Å². The van der Waals surface area contributed by atoms with Crippen molar-refractivity contribution in [3.63, 3.8) is 0 Å². The number of rotatable bonds is 12. The van der Waals surface area contributed by atoms with Gasteiger partial charge in [-0.15, -0.1) is 0 Å². The molecule has 0 amide bonds. The topological polar surface area (TPSA) is 0 Å². The van der Waals surface area contributed by atoms with Crippen LogP contribution in [0.4, 0.5) is 17.6 Å². The molecular formula is C37H50F4. The molecule has 0 spiro atoms. The van der Waals surface area contributed by atoms with Crippen molar-refractivity contribution in [2.75, 3.05) is 0 Å². The average Bonchev–Trinajstić information content (AvgIpc) is 3.35. The van der Waals surface area contributed by atoms with Gasteiger partial charge in [0.15, 0.2) is 23.3 Å². The molecule has 2 aromatic carbocycles. The molecule has 5 rings (SSSR count). The van der Waals surface area contributed by atoms with Gasteiger partial charge in [0, 0.05) is 11.1 Å². The molecule has 3 aliphatic rings. The van der Waals surface area contributed by atoms with Crippen molar-refractivity contribution >= 4 is 0 Å². The minimum Gasteiger partial charge on any atom is -0.203 e. The van der Waals surface area contributed by atoms with Crippen LogP contribution in [0.15, 0.2) is 12.1 Å². The first kappa shape index (κ1) is 30.6. The van der Waals surface area contributed by atoms with Gasteiger partial charge in [-0.1, -0.05) is 96.6 Å². The molecule has 0 aliphatic heterocycles. The highest BCUT2D eigenvalue weighted by molar-refractivity contribution is 5.79. The number of aryl methyl sites for hydroxylation is 2. The smallest absolute Gasteiger partial charge is 0.167 e. The summed E-state index contributed by atoms with van der Waals surface area (Å²) >= 11 is 0. The second-order valence-electron chi connectivity index (χ2n) is 13.6. The molecule has 0 saturated heterocycles. The molecule has 0 heterocycles. The van der Waals surface area contributed by atoms with Crippen LogP contribution in [0.2, 0.25) is 0 Å². The summed E-state index contributed by atoms with van der Waals surface area (Å²) in [5.41, 5.74) is 1.66. The van der Waals surface area contributed by atoms with Crippen LogP contribution in [-0.4, -0.2) is 0 Å². The lowest BCUT2D eigenvalue weighted by Crippen LogP contribution is -2.26. The predicted octanol–water partition coefficient (Wildman–Crippen LogP) is 11.7. The van der Waals surface area contributed by atoms with Crippen LogP contribution in [0.5, 0.6) is 0 Å². The van der Waals surface area contributed by atoms with Crippen molar-refractivity contribution in [2.24, 2.45) is 23.7 Å². The lowest BCUT2D eigenvalue weighted by molar-refractivity contribution is 0.139. The molecular weight excluding hydrogens is 520 g/mol. The highest BCUT2D eigenvalue weighted by atomic mass is 19.2. The van der Waals surface area contributed by atoms with E-state index >= 15 is 8.78 Å². The number of unbranched alkanes of at least 4 members (excludes halogenated alkanes) is 3. The average molecular weight is 571 g/mol. The predicted molar refractivity (Wildman–Crippen MR) is 161 cm³/mol. The van der Waals surface area contributed by atoms with E-state index in [1.807, 2.05) is 6.92 Å². The van der Waals surface area contributed by atoms with Gasteiger partial charge in [0.2, 0.25) is 0 Å². The van der Waals surface area contributed by atoms with Gasteiger partial charge in [0.25, 0.3) is 0 Å². The third-order valence-corrected chi connectivity index (χ3v) is 10.9. The Morgan fingerprint density at radius 2 is 1.00 bits per heavy atom. The van der Waals surface area contributed by atoms with Gasteiger partial charge in [-0.2, -0.15) is 0 Å². The van der Waals surface area contributed by atoms with Crippen molar-refractivity contribution < 1.29 is 17.6 Å². The Morgan fingerprint density at radius 3 is 1.46 bits per heavy atom. The van der Waals surface area contributed by atoms with Crippen molar-refractivity contribution in [3.8, 4) is 11.1 Å². The van der Waals surface area contributed by atoms with Crippen molar-refractivity contribution in [3.05, 3.63) is 57.7 Å². The molecule has 2 saturated carbocycles. The Morgan fingerprint density at radius 1 is 0.537 bits per heavy atom. The van der Waals surface area contributed by atoms with Crippen molar-refractivity contribution in [1.29, 1.82) is 0 Å². The molecule has 0 nitrogen and oxygen atoms in total. The lowest BCUT2D eigenvalue weighted by atomic mass is 9.68. The van der Waals surface area contributed by atoms with Crippen LogP contribution >= 0.6 is 0 Å². The number of fused-ring (bicyclic) bond motifs is 3. The summed E-state index contributed by atoms with van der Waals surface area (Å²) in [7, 11) is 0. The molecule has 0 radical (unpaired) electrons. The largest absolute Gasteiger partial charge is 0.203 e. The van der Waals surface area contributed by atoms with E-state index in [9.17, 15) is 8.78 Å². The Hall–Kier alpha value is -1.84.